The molecule has 0 spiro atoms. The van der Waals surface area contributed by atoms with Crippen LogP contribution in [0.3, 0.4) is 0 Å². The second-order valence-corrected chi connectivity index (χ2v) is 7.21. The molecule has 1 unspecified atom stereocenters. The molecule has 2 aromatic rings. The number of allylic oxidation sites excluding steroid dienone is 1. The summed E-state index contributed by atoms with van der Waals surface area (Å²) in [6, 6.07) is 8.23. The van der Waals surface area contributed by atoms with Crippen LogP contribution in [0, 0.1) is 11.7 Å². The van der Waals surface area contributed by atoms with Gasteiger partial charge in [0.05, 0.1) is 18.2 Å². The van der Waals surface area contributed by atoms with Crippen molar-refractivity contribution in [2.45, 2.75) is 13.0 Å². The molecule has 28 heavy (non-hydrogen) atoms. The molecule has 5 nitrogen and oxygen atoms in total. The standard InChI is InChI=1S/C21H19ClFN3O2/c1-13-18(27)11-17(14-5-7-24-8-6-14)25-21(13)26-9-10-28-19(12-26)20-15(22)3-2-4-16(20)23/h2-8,11,13,19H,9-10,12H2,1H3/t13-,19?/m1/s1. The molecule has 2 atom stereocenters. The molecule has 1 saturated heterocycles. The van der Waals surface area contributed by atoms with Crippen LogP contribution < -0.4 is 0 Å². The first-order chi connectivity index (χ1) is 13.5. The van der Waals surface area contributed by atoms with Gasteiger partial charge in [0.15, 0.2) is 5.78 Å². The molecule has 7 heteroatoms. The number of hydrogen-bond donors (Lipinski definition) is 0. The van der Waals surface area contributed by atoms with Crippen LogP contribution in [0.2, 0.25) is 5.02 Å². The number of pyridine rings is 1. The third-order valence-electron chi connectivity index (χ3n) is 5.02. The van der Waals surface area contributed by atoms with E-state index in [1.165, 1.54) is 6.07 Å². The van der Waals surface area contributed by atoms with E-state index < -0.39 is 11.9 Å². The van der Waals surface area contributed by atoms with E-state index in [2.05, 4.69) is 4.98 Å². The highest BCUT2D eigenvalue weighted by molar-refractivity contribution is 6.31. The van der Waals surface area contributed by atoms with Crippen LogP contribution in [0.25, 0.3) is 5.70 Å². The monoisotopic (exact) mass is 399 g/mol. The molecule has 1 fully saturated rings. The minimum Gasteiger partial charge on any atom is -0.370 e. The summed E-state index contributed by atoms with van der Waals surface area (Å²) in [4.78, 5) is 23.3. The summed E-state index contributed by atoms with van der Waals surface area (Å²) in [6.45, 7) is 3.18. The zero-order valence-electron chi connectivity index (χ0n) is 15.3. The van der Waals surface area contributed by atoms with E-state index >= 15 is 0 Å². The van der Waals surface area contributed by atoms with Gasteiger partial charge < -0.3 is 9.64 Å². The van der Waals surface area contributed by atoms with Gasteiger partial charge in [0.2, 0.25) is 0 Å². The van der Waals surface area contributed by atoms with E-state index in [0.717, 1.165) is 5.56 Å². The first-order valence-electron chi connectivity index (χ1n) is 9.09. The minimum atomic E-state index is -0.525. The number of carbonyl (C=O) groups is 1. The van der Waals surface area contributed by atoms with Gasteiger partial charge >= 0.3 is 0 Å². The third kappa shape index (κ3) is 3.57. The summed E-state index contributed by atoms with van der Waals surface area (Å²) in [6.07, 6.45) is 4.37. The first-order valence-corrected chi connectivity index (χ1v) is 9.47. The van der Waals surface area contributed by atoms with Crippen molar-refractivity contribution in [3.8, 4) is 0 Å². The smallest absolute Gasteiger partial charge is 0.168 e. The number of morpholine rings is 1. The number of amidine groups is 1. The molecule has 2 aliphatic heterocycles. The molecule has 0 bridgehead atoms. The van der Waals surface area contributed by atoms with E-state index in [9.17, 15) is 9.18 Å². The average Bonchev–Trinajstić information content (AvgIpc) is 2.71. The Morgan fingerprint density at radius 2 is 2.04 bits per heavy atom. The van der Waals surface area contributed by atoms with Crippen molar-refractivity contribution in [2.75, 3.05) is 19.7 Å². The highest BCUT2D eigenvalue weighted by Crippen LogP contribution is 2.32. The largest absolute Gasteiger partial charge is 0.370 e. The number of ketones is 1. The van der Waals surface area contributed by atoms with E-state index in [4.69, 9.17) is 21.3 Å². The maximum absolute atomic E-state index is 14.3. The van der Waals surface area contributed by atoms with Crippen LogP contribution in [0.15, 0.2) is 53.8 Å². The number of carbonyl (C=O) groups excluding carboxylic acids is 1. The summed E-state index contributed by atoms with van der Waals surface area (Å²) in [5.74, 6) is -0.115. The van der Waals surface area contributed by atoms with Gasteiger partial charge in [-0.3, -0.25) is 9.78 Å². The molecule has 2 aliphatic rings. The number of ether oxygens (including phenoxy) is 1. The van der Waals surface area contributed by atoms with Crippen LogP contribution >= 0.6 is 11.6 Å². The van der Waals surface area contributed by atoms with Crippen molar-refractivity contribution in [1.82, 2.24) is 9.88 Å². The van der Waals surface area contributed by atoms with Crippen LogP contribution in [0.5, 0.6) is 0 Å². The summed E-state index contributed by atoms with van der Waals surface area (Å²) in [5.41, 5.74) is 1.77. The molecular formula is C21H19ClFN3O2. The maximum atomic E-state index is 14.3. The highest BCUT2D eigenvalue weighted by atomic mass is 35.5. The maximum Gasteiger partial charge on any atom is 0.168 e. The Kier molecular flexibility index (Phi) is 5.24. The van der Waals surface area contributed by atoms with Gasteiger partial charge in [-0.25, -0.2) is 9.38 Å². The lowest BCUT2D eigenvalue weighted by Gasteiger charge is -2.38. The normalized spacial score (nSPS) is 22.7. The molecule has 3 heterocycles. The molecule has 0 radical (unpaired) electrons. The first kappa shape index (κ1) is 18.8. The second-order valence-electron chi connectivity index (χ2n) is 6.80. The van der Waals surface area contributed by atoms with Crippen molar-refractivity contribution in [3.63, 3.8) is 0 Å². The van der Waals surface area contributed by atoms with Gasteiger partial charge in [-0.15, -0.1) is 0 Å². The molecule has 1 aromatic carbocycles. The topological polar surface area (TPSA) is 54.8 Å². The Balaban J connectivity index is 1.64. The zero-order valence-corrected chi connectivity index (χ0v) is 16.1. The van der Waals surface area contributed by atoms with E-state index in [0.29, 0.717) is 41.8 Å². The van der Waals surface area contributed by atoms with Crippen molar-refractivity contribution in [3.05, 3.63) is 70.8 Å². The van der Waals surface area contributed by atoms with E-state index in [-0.39, 0.29) is 11.7 Å². The van der Waals surface area contributed by atoms with E-state index in [1.807, 2.05) is 24.0 Å². The van der Waals surface area contributed by atoms with Gasteiger partial charge in [-0.2, -0.15) is 0 Å². The average molecular weight is 400 g/mol. The van der Waals surface area contributed by atoms with E-state index in [1.54, 1.807) is 30.6 Å². The van der Waals surface area contributed by atoms with Crippen molar-refractivity contribution < 1.29 is 13.9 Å². The lowest BCUT2D eigenvalue weighted by atomic mass is 9.97. The van der Waals surface area contributed by atoms with Crippen LogP contribution in [-0.2, 0) is 9.53 Å². The SMILES string of the molecule is C[C@@H]1C(=O)C=C(c2ccncc2)N=C1N1CCOC(c2c(F)cccc2Cl)C1. The number of halogens is 2. The number of aromatic nitrogens is 1. The number of benzene rings is 1. The van der Waals surface area contributed by atoms with Crippen molar-refractivity contribution in [2.24, 2.45) is 10.9 Å². The predicted octanol–water partition coefficient (Wildman–Crippen LogP) is 3.91. The number of nitrogens with zero attached hydrogens (tertiary/aromatic N) is 3. The summed E-state index contributed by atoms with van der Waals surface area (Å²) in [5, 5.41) is 0.332. The fourth-order valence-corrected chi connectivity index (χ4v) is 3.79. The highest BCUT2D eigenvalue weighted by Gasteiger charge is 2.33. The number of hydrogen-bond acceptors (Lipinski definition) is 5. The van der Waals surface area contributed by atoms with Gasteiger partial charge in [-0.05, 0) is 31.2 Å². The lowest BCUT2D eigenvalue weighted by Crippen LogP contribution is -2.46. The molecule has 0 saturated carbocycles. The Morgan fingerprint density at radius 3 is 2.79 bits per heavy atom. The summed E-state index contributed by atoms with van der Waals surface area (Å²) >= 11 is 6.21. The molecule has 4 rings (SSSR count). The van der Waals surface area contributed by atoms with Gasteiger partial charge in [-0.1, -0.05) is 17.7 Å². The lowest BCUT2D eigenvalue weighted by molar-refractivity contribution is -0.116. The second kappa shape index (κ2) is 7.81. The Hall–Kier alpha value is -2.57. The van der Waals surface area contributed by atoms with Gasteiger partial charge in [0.25, 0.3) is 0 Å². The molecule has 0 N–H and O–H groups in total. The summed E-state index contributed by atoms with van der Waals surface area (Å²) in [7, 11) is 0. The Labute approximate surface area is 167 Å². The molecule has 0 aliphatic carbocycles. The van der Waals surface area contributed by atoms with Crippen molar-refractivity contribution >= 4 is 28.9 Å². The Bertz CT molecular complexity index is 941. The zero-order chi connectivity index (χ0) is 19.7. The quantitative estimate of drug-likeness (QED) is 0.768. The predicted molar refractivity (Wildman–Crippen MR) is 105 cm³/mol. The molecule has 144 valence electrons. The number of aliphatic imine (C=N–C) groups is 1. The fraction of sp³-hybridized carbons (Fsp3) is 0.286. The third-order valence-corrected chi connectivity index (χ3v) is 5.35. The summed E-state index contributed by atoms with van der Waals surface area (Å²) < 4.78 is 20.1. The molecular weight excluding hydrogens is 381 g/mol. The van der Waals surface area contributed by atoms with Crippen LogP contribution in [0.1, 0.15) is 24.2 Å². The van der Waals surface area contributed by atoms with Gasteiger partial charge in [0.1, 0.15) is 17.8 Å². The van der Waals surface area contributed by atoms with Gasteiger partial charge in [0, 0.05) is 47.7 Å². The fourth-order valence-electron chi connectivity index (χ4n) is 3.50. The molecule has 1 aromatic heterocycles. The van der Waals surface area contributed by atoms with Crippen molar-refractivity contribution in [1.29, 1.82) is 0 Å². The number of rotatable bonds is 2. The Morgan fingerprint density at radius 1 is 1.25 bits per heavy atom. The van der Waals surface area contributed by atoms with Crippen LogP contribution in [-0.4, -0.2) is 41.2 Å². The minimum absolute atomic E-state index is 0.0104. The van der Waals surface area contributed by atoms with Crippen LogP contribution in [0.4, 0.5) is 4.39 Å². The molecule has 0 amide bonds.